The van der Waals surface area contributed by atoms with E-state index in [2.05, 4.69) is 4.98 Å². The average molecular weight is 215 g/mol. The van der Waals surface area contributed by atoms with Gasteiger partial charge in [-0.15, -0.1) is 0 Å². The summed E-state index contributed by atoms with van der Waals surface area (Å²) in [5, 5.41) is 0. The molecule has 0 spiro atoms. The third kappa shape index (κ3) is 1.94. The lowest BCUT2D eigenvalue weighted by molar-refractivity contribution is -0.103. The van der Waals surface area contributed by atoms with Crippen LogP contribution in [-0.4, -0.2) is 30.3 Å². The zero-order valence-corrected chi connectivity index (χ0v) is 7.57. The monoisotopic (exact) mass is 215 g/mol. The van der Waals surface area contributed by atoms with Crippen LogP contribution in [0.15, 0.2) is 12.3 Å². The predicted molar refractivity (Wildman–Crippen MR) is 44.2 cm³/mol. The topological polar surface area (TPSA) is 48.4 Å². The van der Waals surface area contributed by atoms with Gasteiger partial charge in [0.25, 0.3) is 0 Å². The summed E-state index contributed by atoms with van der Waals surface area (Å²) in [5.41, 5.74) is -0.450. The molecule has 1 saturated heterocycles. The molecule has 2 heterocycles. The zero-order chi connectivity index (χ0) is 10.8. The molecule has 0 bridgehead atoms. The highest BCUT2D eigenvalue weighted by Crippen LogP contribution is 2.13. The fourth-order valence-corrected chi connectivity index (χ4v) is 1.07. The van der Waals surface area contributed by atoms with Crippen molar-refractivity contribution in [3.05, 3.63) is 29.6 Å². The van der Waals surface area contributed by atoms with E-state index < -0.39 is 23.3 Å². The van der Waals surface area contributed by atoms with Gasteiger partial charge in [-0.05, 0) is 6.07 Å². The van der Waals surface area contributed by atoms with Gasteiger partial charge in [0.15, 0.2) is 5.82 Å². The molecule has 0 saturated carbocycles. The van der Waals surface area contributed by atoms with E-state index in [1.165, 1.54) is 0 Å². The number of hydrogen-bond donors (Lipinski definition) is 0. The van der Waals surface area contributed by atoms with E-state index in [1.807, 2.05) is 0 Å². The van der Waals surface area contributed by atoms with E-state index in [0.717, 1.165) is 12.3 Å². The van der Waals surface area contributed by atoms with Crippen molar-refractivity contribution >= 4 is 5.97 Å². The van der Waals surface area contributed by atoms with E-state index in [-0.39, 0.29) is 6.10 Å². The summed E-state index contributed by atoms with van der Waals surface area (Å²) in [5.74, 6) is -3.50. The Balaban J connectivity index is 2.13. The Hall–Kier alpha value is -1.56. The number of carbonyl (C=O) groups excluding carboxylic acids is 1. The SMILES string of the molecule is O=C(OC1COC1)c1ccnc(F)c1F. The van der Waals surface area contributed by atoms with Crippen LogP contribution < -0.4 is 0 Å². The molecular formula is C9H7F2NO3. The van der Waals surface area contributed by atoms with Crippen LogP contribution in [0.2, 0.25) is 0 Å². The predicted octanol–water partition coefficient (Wildman–Crippen LogP) is 0.915. The highest BCUT2D eigenvalue weighted by molar-refractivity contribution is 5.89. The Kier molecular flexibility index (Phi) is 2.59. The molecular weight excluding hydrogens is 208 g/mol. The normalized spacial score (nSPS) is 15.9. The number of nitrogens with zero attached hydrogens (tertiary/aromatic N) is 1. The van der Waals surface area contributed by atoms with Crippen molar-refractivity contribution < 1.29 is 23.0 Å². The molecule has 1 aromatic rings. The van der Waals surface area contributed by atoms with Gasteiger partial charge in [-0.25, -0.2) is 14.2 Å². The number of halogens is 2. The van der Waals surface area contributed by atoms with E-state index in [1.54, 1.807) is 0 Å². The standard InChI is InChI=1S/C9H7F2NO3/c10-7-6(1-2-12-8(7)11)9(13)15-5-3-14-4-5/h1-2,5H,3-4H2. The number of esters is 1. The molecule has 1 aliphatic rings. The minimum Gasteiger partial charge on any atom is -0.454 e. The first-order valence-electron chi connectivity index (χ1n) is 4.27. The fraction of sp³-hybridized carbons (Fsp3) is 0.333. The Morgan fingerprint density at radius 1 is 1.53 bits per heavy atom. The second-order valence-corrected chi connectivity index (χ2v) is 3.03. The largest absolute Gasteiger partial charge is 0.454 e. The smallest absolute Gasteiger partial charge is 0.341 e. The van der Waals surface area contributed by atoms with Crippen molar-refractivity contribution in [1.82, 2.24) is 4.98 Å². The molecule has 0 unspecified atom stereocenters. The fourth-order valence-electron chi connectivity index (χ4n) is 1.07. The molecule has 0 aromatic carbocycles. The van der Waals surface area contributed by atoms with Crippen LogP contribution in [0.25, 0.3) is 0 Å². The average Bonchev–Trinajstić information content (AvgIpc) is 2.15. The molecule has 0 aliphatic carbocycles. The molecule has 80 valence electrons. The van der Waals surface area contributed by atoms with Gasteiger partial charge in [-0.2, -0.15) is 4.39 Å². The maximum Gasteiger partial charge on any atom is 0.341 e. The second-order valence-electron chi connectivity index (χ2n) is 3.03. The highest BCUT2D eigenvalue weighted by atomic mass is 19.2. The zero-order valence-electron chi connectivity index (χ0n) is 7.57. The third-order valence-electron chi connectivity index (χ3n) is 1.95. The Labute approximate surface area is 83.8 Å². The number of carbonyl (C=O) groups is 1. The summed E-state index contributed by atoms with van der Waals surface area (Å²) in [6.07, 6.45) is 0.639. The van der Waals surface area contributed by atoms with Crippen LogP contribution in [0.1, 0.15) is 10.4 Å². The minimum atomic E-state index is -1.31. The molecule has 1 aliphatic heterocycles. The minimum absolute atomic E-state index is 0.293. The van der Waals surface area contributed by atoms with Crippen molar-refractivity contribution in [1.29, 1.82) is 0 Å². The quantitative estimate of drug-likeness (QED) is 0.543. The summed E-state index contributed by atoms with van der Waals surface area (Å²) in [7, 11) is 0. The van der Waals surface area contributed by atoms with Crippen molar-refractivity contribution in [2.24, 2.45) is 0 Å². The molecule has 1 fully saturated rings. The Morgan fingerprint density at radius 2 is 2.27 bits per heavy atom. The van der Waals surface area contributed by atoms with Gasteiger partial charge in [-0.3, -0.25) is 0 Å². The first-order chi connectivity index (χ1) is 7.18. The van der Waals surface area contributed by atoms with Gasteiger partial charge in [0, 0.05) is 6.20 Å². The van der Waals surface area contributed by atoms with E-state index in [0.29, 0.717) is 13.2 Å². The van der Waals surface area contributed by atoms with Crippen molar-refractivity contribution in [2.45, 2.75) is 6.10 Å². The first kappa shape index (κ1) is 9.97. The molecule has 0 amide bonds. The number of pyridine rings is 1. The van der Waals surface area contributed by atoms with Gasteiger partial charge in [0.05, 0.1) is 13.2 Å². The summed E-state index contributed by atoms with van der Waals surface area (Å²) < 4.78 is 35.3. The number of rotatable bonds is 2. The molecule has 15 heavy (non-hydrogen) atoms. The highest BCUT2D eigenvalue weighted by Gasteiger charge is 2.25. The van der Waals surface area contributed by atoms with Crippen LogP contribution in [0, 0.1) is 11.8 Å². The summed E-state index contributed by atoms with van der Waals surface area (Å²) >= 11 is 0. The van der Waals surface area contributed by atoms with Crippen molar-refractivity contribution in [2.75, 3.05) is 13.2 Å². The lowest BCUT2D eigenvalue weighted by Gasteiger charge is -2.25. The summed E-state index contributed by atoms with van der Waals surface area (Å²) in [6, 6.07) is 1.07. The van der Waals surface area contributed by atoms with Crippen LogP contribution >= 0.6 is 0 Å². The molecule has 4 nitrogen and oxygen atoms in total. The van der Waals surface area contributed by atoms with E-state index in [9.17, 15) is 13.6 Å². The third-order valence-corrected chi connectivity index (χ3v) is 1.95. The number of ether oxygens (including phenoxy) is 2. The van der Waals surface area contributed by atoms with Crippen LogP contribution in [0.5, 0.6) is 0 Å². The maximum absolute atomic E-state index is 13.1. The van der Waals surface area contributed by atoms with Gasteiger partial charge in [0.1, 0.15) is 11.7 Å². The maximum atomic E-state index is 13.1. The molecule has 2 rings (SSSR count). The Morgan fingerprint density at radius 3 is 2.87 bits per heavy atom. The van der Waals surface area contributed by atoms with Crippen LogP contribution in [0.4, 0.5) is 8.78 Å². The van der Waals surface area contributed by atoms with Gasteiger partial charge in [0.2, 0.25) is 5.95 Å². The van der Waals surface area contributed by atoms with Crippen molar-refractivity contribution in [3.63, 3.8) is 0 Å². The number of aromatic nitrogens is 1. The van der Waals surface area contributed by atoms with Crippen molar-refractivity contribution in [3.8, 4) is 0 Å². The van der Waals surface area contributed by atoms with Gasteiger partial charge in [-0.1, -0.05) is 0 Å². The van der Waals surface area contributed by atoms with Gasteiger partial charge < -0.3 is 9.47 Å². The summed E-state index contributed by atoms with van der Waals surface area (Å²) in [4.78, 5) is 14.4. The Bertz CT molecular complexity index is 393. The molecule has 0 atom stereocenters. The molecule has 1 aromatic heterocycles. The van der Waals surface area contributed by atoms with E-state index >= 15 is 0 Å². The number of hydrogen-bond acceptors (Lipinski definition) is 4. The molecule has 6 heteroatoms. The first-order valence-corrected chi connectivity index (χ1v) is 4.27. The molecule has 0 N–H and O–H groups in total. The van der Waals surface area contributed by atoms with E-state index in [4.69, 9.17) is 9.47 Å². The summed E-state index contributed by atoms with van der Waals surface area (Å²) in [6.45, 7) is 0.585. The lowest BCUT2D eigenvalue weighted by atomic mass is 10.2. The molecule has 0 radical (unpaired) electrons. The lowest BCUT2D eigenvalue weighted by Crippen LogP contribution is -2.38. The van der Waals surface area contributed by atoms with Crippen LogP contribution in [-0.2, 0) is 9.47 Å². The van der Waals surface area contributed by atoms with Gasteiger partial charge >= 0.3 is 5.97 Å². The second kappa shape index (κ2) is 3.90. The van der Waals surface area contributed by atoms with Crippen LogP contribution in [0.3, 0.4) is 0 Å².